The maximum Gasteiger partial charge on any atom is 0.256 e. The van der Waals surface area contributed by atoms with E-state index >= 15 is 0 Å². The molecule has 0 saturated carbocycles. The topological polar surface area (TPSA) is 31.2 Å². The van der Waals surface area contributed by atoms with E-state index in [-0.39, 0.29) is 55.1 Å². The first kappa shape index (κ1) is 21.1. The maximum atomic E-state index is 12.7. The van der Waals surface area contributed by atoms with Crippen LogP contribution in [0.3, 0.4) is 0 Å². The fourth-order valence-electron chi connectivity index (χ4n) is 1.94. The minimum atomic E-state index is -2.73. The second-order valence-corrected chi connectivity index (χ2v) is 5.24. The zero-order valence-electron chi connectivity index (χ0n) is 12.2. The molecule has 1 aromatic heterocycles. The number of rotatable bonds is 5. The Hall–Kier alpha value is -0.926. The summed E-state index contributed by atoms with van der Waals surface area (Å²) in [5.41, 5.74) is -0.258. The van der Waals surface area contributed by atoms with Crippen LogP contribution in [0.5, 0.6) is 5.75 Å². The van der Waals surface area contributed by atoms with Crippen LogP contribution in [0.15, 0.2) is 29.1 Å². The molecule has 0 aliphatic carbocycles. The fraction of sp³-hybridized carbons (Fsp3) is 0.188. The Kier molecular flexibility index (Phi) is 8.38. The average molecular weight is 446 g/mol. The third kappa shape index (κ3) is 5.03. The summed E-state index contributed by atoms with van der Waals surface area (Å²) in [6, 6.07) is 8.52. The molecule has 0 aliphatic rings. The summed E-state index contributed by atoms with van der Waals surface area (Å²) in [6.07, 6.45) is 2.37. The van der Waals surface area contributed by atoms with Crippen molar-refractivity contribution in [2.24, 2.45) is 0 Å². The second-order valence-electron chi connectivity index (χ2n) is 4.43. The fourth-order valence-corrected chi connectivity index (χ4v) is 2.36. The largest absolute Gasteiger partial charge is 0.481 e. The predicted octanol–water partition coefficient (Wildman–Crippen LogP) is 3.90. The second kappa shape index (κ2) is 9.53. The smallest absolute Gasteiger partial charge is 0.256 e. The predicted molar refractivity (Wildman–Crippen MR) is 85.3 cm³/mol. The van der Waals surface area contributed by atoms with Gasteiger partial charge < -0.3 is 9.30 Å². The number of benzene rings is 1. The van der Waals surface area contributed by atoms with Crippen molar-refractivity contribution in [3.8, 4) is 29.4 Å². The van der Waals surface area contributed by atoms with Gasteiger partial charge >= 0.3 is 0 Å². The van der Waals surface area contributed by atoms with Crippen LogP contribution < -0.4 is 10.3 Å². The molecule has 0 bridgehead atoms. The van der Waals surface area contributed by atoms with Crippen LogP contribution in [0.4, 0.5) is 8.78 Å². The summed E-state index contributed by atoms with van der Waals surface area (Å²) in [5, 5.41) is 0.0139. The van der Waals surface area contributed by atoms with Crippen LogP contribution in [-0.2, 0) is 39.3 Å². The maximum absolute atomic E-state index is 12.7. The van der Waals surface area contributed by atoms with Crippen molar-refractivity contribution in [3.05, 3.63) is 50.7 Å². The van der Waals surface area contributed by atoms with E-state index in [1.165, 1.54) is 18.2 Å². The number of halogens is 4. The van der Waals surface area contributed by atoms with Gasteiger partial charge in [-0.2, -0.15) is 23.7 Å². The van der Waals surface area contributed by atoms with Gasteiger partial charge in [0.25, 0.3) is 6.43 Å². The van der Waals surface area contributed by atoms with Gasteiger partial charge in [-0.25, -0.2) is 8.78 Å². The number of terminal acetylenes is 1. The van der Waals surface area contributed by atoms with Gasteiger partial charge in [0.1, 0.15) is 12.4 Å². The normalized spacial score (nSPS) is 10.2. The van der Waals surface area contributed by atoms with E-state index < -0.39 is 18.5 Å². The van der Waals surface area contributed by atoms with Crippen molar-refractivity contribution in [1.29, 1.82) is 0 Å². The van der Waals surface area contributed by atoms with Crippen LogP contribution in [-0.4, -0.2) is 17.6 Å². The molecule has 123 valence electrons. The molecular weight excluding hydrogens is 436 g/mol. The molecule has 1 heterocycles. The van der Waals surface area contributed by atoms with E-state index in [4.69, 9.17) is 34.4 Å². The molecule has 0 atom stereocenters. The van der Waals surface area contributed by atoms with E-state index in [0.29, 0.717) is 11.3 Å². The summed E-state index contributed by atoms with van der Waals surface area (Å²) in [7, 11) is 0. The van der Waals surface area contributed by atoms with Gasteiger partial charge in [-0.15, -0.1) is 12.5 Å². The van der Waals surface area contributed by atoms with E-state index in [2.05, 4.69) is 12.0 Å². The third-order valence-electron chi connectivity index (χ3n) is 2.89. The van der Waals surface area contributed by atoms with Gasteiger partial charge in [0.15, 0.2) is 0 Å². The summed E-state index contributed by atoms with van der Waals surface area (Å²) >= 11 is 11.9. The van der Waals surface area contributed by atoms with Gasteiger partial charge in [-0.1, -0.05) is 28.8 Å². The van der Waals surface area contributed by atoms with E-state index in [0.717, 1.165) is 4.57 Å². The molecule has 24 heavy (non-hydrogen) atoms. The standard InChI is InChI=1S/C16H10Cl2F2NO2.Y/c1-2-7-23-10-3-4-11(13(18)8-10)14-6-5-12(17)16(22)21(14)9-15(19)20;/h1,3-5,8,15H,7,9H2;/q-1;. The van der Waals surface area contributed by atoms with Crippen molar-refractivity contribution >= 4 is 23.2 Å². The van der Waals surface area contributed by atoms with Gasteiger partial charge in [0.2, 0.25) is 5.56 Å². The van der Waals surface area contributed by atoms with Crippen LogP contribution in [0.2, 0.25) is 10.0 Å². The summed E-state index contributed by atoms with van der Waals surface area (Å²) in [5.74, 6) is 2.74. The Labute approximate surface area is 172 Å². The molecular formula is C16H10Cl2F2NO2Y-. The minimum Gasteiger partial charge on any atom is -0.481 e. The summed E-state index contributed by atoms with van der Waals surface area (Å²) < 4.78 is 31.6. The number of hydrogen-bond donors (Lipinski definition) is 0. The van der Waals surface area contributed by atoms with E-state index in [1.54, 1.807) is 6.07 Å². The molecule has 0 aliphatic heterocycles. The van der Waals surface area contributed by atoms with Crippen LogP contribution in [0.1, 0.15) is 0 Å². The first-order chi connectivity index (χ1) is 10.9. The van der Waals surface area contributed by atoms with Crippen LogP contribution in [0, 0.1) is 18.4 Å². The molecule has 0 fully saturated rings. The molecule has 0 N–H and O–H groups in total. The Bertz CT molecular complexity index is 819. The third-order valence-corrected chi connectivity index (χ3v) is 3.48. The molecule has 1 radical (unpaired) electrons. The molecule has 0 spiro atoms. The van der Waals surface area contributed by atoms with Gasteiger partial charge in [0.05, 0.1) is 6.54 Å². The van der Waals surface area contributed by atoms with E-state index in [1.807, 2.05) is 0 Å². The molecule has 3 nitrogen and oxygen atoms in total. The Morgan fingerprint density at radius 3 is 2.62 bits per heavy atom. The zero-order chi connectivity index (χ0) is 17.0. The quantitative estimate of drug-likeness (QED) is 0.516. The van der Waals surface area contributed by atoms with Gasteiger partial charge in [0, 0.05) is 37.7 Å². The molecule has 0 unspecified atom stereocenters. The first-order valence-electron chi connectivity index (χ1n) is 6.39. The van der Waals surface area contributed by atoms with Gasteiger partial charge in [-0.05, 0) is 17.2 Å². The first-order valence-corrected chi connectivity index (χ1v) is 7.15. The minimum absolute atomic E-state index is 0. The number of pyridine rings is 1. The molecule has 2 aromatic rings. The molecule has 0 amide bonds. The average Bonchev–Trinajstić information content (AvgIpc) is 2.50. The molecule has 8 heteroatoms. The summed E-state index contributed by atoms with van der Waals surface area (Å²) in [6.45, 7) is -0.740. The van der Waals surface area contributed by atoms with Crippen LogP contribution in [0.25, 0.3) is 11.3 Å². The number of nitrogens with zero attached hydrogens (tertiary/aromatic N) is 1. The van der Waals surface area contributed by atoms with Crippen molar-refractivity contribution in [2.45, 2.75) is 13.0 Å². The van der Waals surface area contributed by atoms with Crippen molar-refractivity contribution in [3.63, 3.8) is 0 Å². The van der Waals surface area contributed by atoms with Crippen molar-refractivity contribution in [2.75, 3.05) is 6.61 Å². The van der Waals surface area contributed by atoms with E-state index in [9.17, 15) is 13.6 Å². The van der Waals surface area contributed by atoms with Crippen molar-refractivity contribution in [1.82, 2.24) is 4.57 Å². The SMILES string of the molecule is C#CCOc1ccc(-c2[c-]cc(Cl)c(=O)n2CC(F)F)c(Cl)c1.[Y]. The molecule has 0 saturated heterocycles. The Morgan fingerprint density at radius 1 is 1.33 bits per heavy atom. The zero-order valence-corrected chi connectivity index (χ0v) is 16.6. The summed E-state index contributed by atoms with van der Waals surface area (Å²) in [4.78, 5) is 12.0. The monoisotopic (exact) mass is 445 g/mol. The Morgan fingerprint density at radius 2 is 2.04 bits per heavy atom. The number of ether oxygens (including phenoxy) is 1. The number of alkyl halides is 2. The Balaban J connectivity index is 0.00000288. The molecule has 1 aromatic carbocycles. The molecule has 2 rings (SSSR count). The van der Waals surface area contributed by atoms with Gasteiger partial charge in [-0.3, -0.25) is 4.79 Å². The number of aromatic nitrogens is 1. The number of hydrogen-bond acceptors (Lipinski definition) is 2. The van der Waals surface area contributed by atoms with Crippen molar-refractivity contribution < 1.29 is 46.2 Å². The van der Waals surface area contributed by atoms with Crippen LogP contribution >= 0.6 is 23.2 Å².